The van der Waals surface area contributed by atoms with Crippen LogP contribution in [0.4, 0.5) is 11.4 Å². The maximum atomic E-state index is 4.66. The summed E-state index contributed by atoms with van der Waals surface area (Å²) in [5, 5.41) is 17.9. The first-order valence-electron chi connectivity index (χ1n) is 23.3. The second kappa shape index (κ2) is 18.5. The fourth-order valence-electron chi connectivity index (χ4n) is 11.0. The molecule has 4 heterocycles. The van der Waals surface area contributed by atoms with Gasteiger partial charge in [-0.2, -0.15) is 74.3 Å². The van der Waals surface area contributed by atoms with Crippen molar-refractivity contribution in [2.24, 2.45) is 0 Å². The fraction of sp³-hybridized carbons (Fsp3) is 0.200. The Hall–Kier alpha value is -6.20. The van der Waals surface area contributed by atoms with Gasteiger partial charge in [-0.15, -0.1) is 22.5 Å². The minimum absolute atomic E-state index is 0. The second-order valence-corrected chi connectivity index (χ2v) is 19.0. The van der Waals surface area contributed by atoms with E-state index >= 15 is 0 Å². The normalized spacial score (nSPS) is 15.8. The van der Waals surface area contributed by atoms with Gasteiger partial charge >= 0.3 is 0 Å². The molecule has 0 radical (unpaired) electrons. The average Bonchev–Trinajstić information content (AvgIpc) is 4.22. The van der Waals surface area contributed by atoms with E-state index in [0.29, 0.717) is 0 Å². The molecule has 70 heavy (non-hydrogen) atoms. The molecule has 2 aromatic heterocycles. The molecule has 12 rings (SSSR count). The molecule has 2 aliphatic heterocycles. The molecule has 0 atom stereocenters. The smallest absolute Gasteiger partial charge is 0.0644 e. The van der Waals surface area contributed by atoms with Gasteiger partial charge in [-0.25, -0.2) is 0 Å². The number of rotatable bonds is 6. The number of hydrogen-bond donors (Lipinski definition) is 0. The first kappa shape index (κ1) is 48.8. The van der Waals surface area contributed by atoms with Gasteiger partial charge in [0.05, 0.1) is 10.8 Å². The van der Waals surface area contributed by atoms with Gasteiger partial charge in [0.25, 0.3) is 0 Å². The molecule has 10 heteroatoms. The molecule has 360 valence electrons. The topological polar surface area (TPSA) is 66.9 Å². The monoisotopic (exact) mass is 1280 g/mol. The van der Waals surface area contributed by atoms with Crippen molar-refractivity contribution in [2.45, 2.75) is 66.2 Å². The molecule has 4 aliphatic rings. The van der Waals surface area contributed by atoms with E-state index in [1.54, 1.807) is 12.4 Å². The molecule has 0 fully saturated rings. The van der Waals surface area contributed by atoms with E-state index < -0.39 is 10.8 Å². The second-order valence-electron chi connectivity index (χ2n) is 19.0. The Kier molecular flexibility index (Phi) is 12.9. The maximum absolute atomic E-state index is 4.66. The number of aryl methyl sites for hydroxylation is 4. The Bertz CT molecular complexity index is 3020. The van der Waals surface area contributed by atoms with Crippen LogP contribution in [-0.4, -0.2) is 34.1 Å². The molecule has 0 unspecified atom stereocenters. The van der Waals surface area contributed by atoms with Crippen molar-refractivity contribution in [3.05, 3.63) is 249 Å². The van der Waals surface area contributed by atoms with Crippen LogP contribution in [-0.2, 0) is 53.0 Å². The first-order valence-corrected chi connectivity index (χ1v) is 23.3. The molecule has 8 aromatic rings. The Morgan fingerprint density at radius 2 is 0.757 bits per heavy atom. The van der Waals surface area contributed by atoms with Crippen LogP contribution in [0.3, 0.4) is 0 Å². The number of hydrogen-bond acceptors (Lipinski definition) is 6. The van der Waals surface area contributed by atoms with E-state index in [9.17, 15) is 0 Å². The van der Waals surface area contributed by atoms with Crippen molar-refractivity contribution in [1.29, 1.82) is 0 Å². The molecule has 0 saturated heterocycles. The van der Waals surface area contributed by atoms with E-state index in [1.807, 2.05) is 0 Å². The first-order chi connectivity index (χ1) is 32.8. The third-order valence-corrected chi connectivity index (χ3v) is 14.9. The summed E-state index contributed by atoms with van der Waals surface area (Å²) in [5.74, 6) is 0. The summed E-state index contributed by atoms with van der Waals surface area (Å²) in [6.07, 6.45) is 3.59. The molecular formula is C60H54N8Pt2-6. The predicted molar refractivity (Wildman–Crippen MR) is 272 cm³/mol. The summed E-state index contributed by atoms with van der Waals surface area (Å²) in [6.45, 7) is 21.5. The molecule has 8 nitrogen and oxygen atoms in total. The zero-order valence-corrected chi connectivity index (χ0v) is 45.6. The average molecular weight is 1280 g/mol. The van der Waals surface area contributed by atoms with E-state index in [2.05, 4.69) is 256 Å². The molecule has 0 amide bonds. The molecule has 2 aliphatic carbocycles. The van der Waals surface area contributed by atoms with Crippen molar-refractivity contribution in [3.63, 3.8) is 0 Å². The van der Waals surface area contributed by atoms with Crippen molar-refractivity contribution in [1.82, 2.24) is 30.2 Å². The molecular weight excluding hydrogens is 1220 g/mol. The van der Waals surface area contributed by atoms with Gasteiger partial charge in [0.2, 0.25) is 0 Å². The van der Waals surface area contributed by atoms with Gasteiger partial charge < -0.3 is 40.0 Å². The van der Waals surface area contributed by atoms with Crippen LogP contribution in [0, 0.1) is 53.2 Å². The van der Waals surface area contributed by atoms with E-state index in [1.165, 1.54) is 89.5 Å². The summed E-state index contributed by atoms with van der Waals surface area (Å²) >= 11 is 0. The third-order valence-electron chi connectivity index (χ3n) is 14.9. The van der Waals surface area contributed by atoms with Crippen LogP contribution in [0.2, 0.25) is 0 Å². The minimum atomic E-state index is -0.576. The number of allylic oxidation sites excluding steroid dienone is 4. The Morgan fingerprint density at radius 3 is 1.03 bits per heavy atom. The van der Waals surface area contributed by atoms with Crippen LogP contribution >= 0.6 is 0 Å². The fourth-order valence-corrected chi connectivity index (χ4v) is 11.0. The molecule has 0 bridgehead atoms. The van der Waals surface area contributed by atoms with Gasteiger partial charge in [0.15, 0.2) is 0 Å². The van der Waals surface area contributed by atoms with Gasteiger partial charge in [-0.1, -0.05) is 107 Å². The summed E-state index contributed by atoms with van der Waals surface area (Å²) in [6, 6.07) is 51.7. The van der Waals surface area contributed by atoms with Crippen molar-refractivity contribution in [3.8, 4) is 22.3 Å². The summed E-state index contributed by atoms with van der Waals surface area (Å²) in [5.41, 5.74) is 24.7. The Labute approximate surface area is 442 Å². The van der Waals surface area contributed by atoms with Gasteiger partial charge in [0, 0.05) is 64.9 Å². The van der Waals surface area contributed by atoms with Gasteiger partial charge in [-0.3, -0.25) is 0 Å². The van der Waals surface area contributed by atoms with Crippen molar-refractivity contribution >= 4 is 11.4 Å². The standard InChI is InChI=1S/2C30H27N4.2Pt/c2*1-19-9-11-25-26-12-10-20(2)16-28(26)30(27(25)15-19,29-13-14-31-32-29)23-7-6-8-24(17-23)34-18-33(5)21(3)22(34)4;;/h2*6-16,18H,1-5H3;;/q2*-3;;. The van der Waals surface area contributed by atoms with E-state index in [4.69, 9.17) is 0 Å². The van der Waals surface area contributed by atoms with Crippen molar-refractivity contribution in [2.75, 3.05) is 23.9 Å². The predicted octanol–water partition coefficient (Wildman–Crippen LogP) is 11.9. The van der Waals surface area contributed by atoms with Gasteiger partial charge in [0.1, 0.15) is 0 Å². The van der Waals surface area contributed by atoms with Gasteiger partial charge in [-0.05, 0) is 125 Å². The Balaban J connectivity index is 0.000000169. The quantitative estimate of drug-likeness (QED) is 0.153. The molecule has 6 aromatic carbocycles. The number of benzene rings is 6. The van der Waals surface area contributed by atoms with Crippen LogP contribution in [0.25, 0.3) is 22.3 Å². The van der Waals surface area contributed by atoms with Crippen LogP contribution in [0.5, 0.6) is 0 Å². The van der Waals surface area contributed by atoms with Crippen LogP contribution in [0.1, 0.15) is 94.7 Å². The molecule has 0 spiro atoms. The van der Waals surface area contributed by atoms with Crippen molar-refractivity contribution < 1.29 is 42.1 Å². The number of nitrogens with zero attached hydrogens (tertiary/aromatic N) is 8. The summed E-state index contributed by atoms with van der Waals surface area (Å²) in [4.78, 5) is 8.74. The SMILES string of the molecule is CC1=C(C)N(c2[c-]c(C3(c4cc[n-]n4)c4cc(C)ccc4-c4ccc(C)cc43)ccc2)[CH-]N1C.CC1=C(C)N(c2[c-]c(C3(c4cc[n-]n4)c4cc(C)ccc4-c4ccc(C)cc43)ccc2)[CH-]N1C.[Pt].[Pt]. The minimum Gasteiger partial charge on any atom is -0.581 e. The summed E-state index contributed by atoms with van der Waals surface area (Å²) < 4.78 is 0. The molecule has 0 saturated carbocycles. The third kappa shape index (κ3) is 7.39. The zero-order chi connectivity index (χ0) is 47.2. The zero-order valence-electron chi connectivity index (χ0n) is 41.1. The van der Waals surface area contributed by atoms with E-state index in [0.717, 1.165) is 33.9 Å². The van der Waals surface area contributed by atoms with E-state index in [-0.39, 0.29) is 42.1 Å². The van der Waals surface area contributed by atoms with Crippen LogP contribution in [0.15, 0.2) is 157 Å². The summed E-state index contributed by atoms with van der Waals surface area (Å²) in [7, 11) is 4.16. The number of fused-ring (bicyclic) bond motifs is 6. The Morgan fingerprint density at radius 1 is 0.429 bits per heavy atom. The largest absolute Gasteiger partial charge is 0.581 e. The van der Waals surface area contributed by atoms with Crippen LogP contribution < -0.4 is 20.0 Å². The molecule has 0 N–H and O–H groups in total. The number of aromatic nitrogens is 4. The number of anilines is 2. The maximum Gasteiger partial charge on any atom is 0.0644 e.